The lowest BCUT2D eigenvalue weighted by Crippen LogP contribution is -2.03. The van der Waals surface area contributed by atoms with E-state index < -0.39 is 5.97 Å². The lowest BCUT2D eigenvalue weighted by atomic mass is 10.1. The quantitative estimate of drug-likeness (QED) is 0.675. The summed E-state index contributed by atoms with van der Waals surface area (Å²) in [4.78, 5) is 11.5. The van der Waals surface area contributed by atoms with Gasteiger partial charge >= 0.3 is 5.97 Å². The molecule has 0 spiro atoms. The molecule has 0 saturated heterocycles. The van der Waals surface area contributed by atoms with Gasteiger partial charge in [-0.15, -0.1) is 0 Å². The monoisotopic (exact) mass is 277 g/mol. The molecule has 0 amide bonds. The SMILES string of the molecule is COC(=O)c1ccc2c(-c3ccc(C#N)cc3)cnn2c1. The fourth-order valence-corrected chi connectivity index (χ4v) is 2.17. The summed E-state index contributed by atoms with van der Waals surface area (Å²) < 4.78 is 6.33. The highest BCUT2D eigenvalue weighted by molar-refractivity contribution is 5.90. The van der Waals surface area contributed by atoms with Gasteiger partial charge in [-0.1, -0.05) is 12.1 Å². The zero-order valence-corrected chi connectivity index (χ0v) is 11.3. The predicted octanol–water partition coefficient (Wildman–Crippen LogP) is 2.66. The molecule has 0 radical (unpaired) electrons. The van der Waals surface area contributed by atoms with Crippen molar-refractivity contribution in [3.05, 3.63) is 59.9 Å². The maximum absolute atomic E-state index is 11.5. The van der Waals surface area contributed by atoms with Gasteiger partial charge in [0, 0.05) is 11.8 Å². The topological polar surface area (TPSA) is 67.4 Å². The number of methoxy groups -OCH3 is 1. The maximum atomic E-state index is 11.5. The van der Waals surface area contributed by atoms with Crippen molar-refractivity contribution in [2.75, 3.05) is 7.11 Å². The number of benzene rings is 1. The second kappa shape index (κ2) is 5.10. The first kappa shape index (κ1) is 12.9. The summed E-state index contributed by atoms with van der Waals surface area (Å²) in [6, 6.07) is 12.9. The van der Waals surface area contributed by atoms with E-state index in [4.69, 9.17) is 10.00 Å². The third-order valence-corrected chi connectivity index (χ3v) is 3.26. The first-order chi connectivity index (χ1) is 10.2. The van der Waals surface area contributed by atoms with Crippen LogP contribution in [0.25, 0.3) is 16.6 Å². The fourth-order valence-electron chi connectivity index (χ4n) is 2.17. The molecule has 21 heavy (non-hydrogen) atoms. The average Bonchev–Trinajstić information content (AvgIpc) is 2.97. The number of aromatic nitrogens is 2. The van der Waals surface area contributed by atoms with E-state index in [0.717, 1.165) is 16.6 Å². The van der Waals surface area contributed by atoms with Crippen LogP contribution < -0.4 is 0 Å². The summed E-state index contributed by atoms with van der Waals surface area (Å²) in [5.74, 6) is -0.396. The predicted molar refractivity (Wildman–Crippen MR) is 76.7 cm³/mol. The van der Waals surface area contributed by atoms with Crippen LogP contribution in [-0.2, 0) is 4.74 Å². The van der Waals surface area contributed by atoms with Gasteiger partial charge in [0.1, 0.15) is 0 Å². The second-order valence-electron chi connectivity index (χ2n) is 4.49. The van der Waals surface area contributed by atoms with Gasteiger partial charge in [-0.2, -0.15) is 10.4 Å². The highest BCUT2D eigenvalue weighted by atomic mass is 16.5. The van der Waals surface area contributed by atoms with Gasteiger partial charge in [-0.3, -0.25) is 0 Å². The molecular weight excluding hydrogens is 266 g/mol. The Labute approximate surface area is 121 Å². The van der Waals surface area contributed by atoms with E-state index in [0.29, 0.717) is 11.1 Å². The van der Waals surface area contributed by atoms with Crippen LogP contribution in [-0.4, -0.2) is 22.7 Å². The molecule has 5 nitrogen and oxygen atoms in total. The van der Waals surface area contributed by atoms with E-state index >= 15 is 0 Å². The van der Waals surface area contributed by atoms with Gasteiger partial charge in [0.05, 0.1) is 36.0 Å². The van der Waals surface area contributed by atoms with Crippen molar-refractivity contribution in [1.82, 2.24) is 9.61 Å². The number of pyridine rings is 1. The molecule has 2 heterocycles. The van der Waals surface area contributed by atoms with E-state index in [-0.39, 0.29) is 0 Å². The lowest BCUT2D eigenvalue weighted by molar-refractivity contribution is 0.0600. The Balaban J connectivity index is 2.08. The average molecular weight is 277 g/mol. The van der Waals surface area contributed by atoms with E-state index in [1.807, 2.05) is 18.2 Å². The largest absolute Gasteiger partial charge is 0.465 e. The zero-order chi connectivity index (χ0) is 14.8. The van der Waals surface area contributed by atoms with Crippen LogP contribution in [0.4, 0.5) is 0 Å². The van der Waals surface area contributed by atoms with E-state index in [1.54, 1.807) is 35.1 Å². The van der Waals surface area contributed by atoms with Crippen molar-refractivity contribution in [3.63, 3.8) is 0 Å². The molecule has 0 unspecified atom stereocenters. The normalized spacial score (nSPS) is 10.3. The molecule has 3 rings (SSSR count). The Hall–Kier alpha value is -3.13. The molecule has 0 N–H and O–H groups in total. The first-order valence-corrected chi connectivity index (χ1v) is 6.29. The summed E-state index contributed by atoms with van der Waals surface area (Å²) in [7, 11) is 1.35. The van der Waals surface area contributed by atoms with Gasteiger partial charge in [-0.05, 0) is 29.8 Å². The number of carbonyl (C=O) groups excluding carboxylic acids is 1. The molecule has 0 bridgehead atoms. The number of fused-ring (bicyclic) bond motifs is 1. The minimum absolute atomic E-state index is 0.396. The van der Waals surface area contributed by atoms with E-state index in [9.17, 15) is 4.79 Å². The zero-order valence-electron chi connectivity index (χ0n) is 11.3. The number of ether oxygens (including phenoxy) is 1. The summed E-state index contributed by atoms with van der Waals surface area (Å²) in [6.45, 7) is 0. The molecule has 0 aliphatic heterocycles. The maximum Gasteiger partial charge on any atom is 0.339 e. The number of nitriles is 1. The minimum Gasteiger partial charge on any atom is -0.465 e. The first-order valence-electron chi connectivity index (χ1n) is 6.29. The molecular formula is C16H11N3O2. The van der Waals surface area contributed by atoms with Crippen LogP contribution in [0.1, 0.15) is 15.9 Å². The number of hydrogen-bond acceptors (Lipinski definition) is 4. The Morgan fingerprint density at radius 3 is 2.67 bits per heavy atom. The van der Waals surface area contributed by atoms with Crippen LogP contribution in [0.2, 0.25) is 0 Å². The van der Waals surface area contributed by atoms with Gasteiger partial charge in [0.2, 0.25) is 0 Å². The number of hydrogen-bond donors (Lipinski definition) is 0. The molecule has 5 heteroatoms. The molecule has 2 aromatic heterocycles. The Morgan fingerprint density at radius 1 is 1.24 bits per heavy atom. The molecule has 3 aromatic rings. The van der Waals surface area contributed by atoms with Crippen molar-refractivity contribution in [3.8, 4) is 17.2 Å². The van der Waals surface area contributed by atoms with Crippen LogP contribution >= 0.6 is 0 Å². The molecule has 1 aromatic carbocycles. The fraction of sp³-hybridized carbons (Fsp3) is 0.0625. The second-order valence-corrected chi connectivity index (χ2v) is 4.49. The Morgan fingerprint density at radius 2 is 2.00 bits per heavy atom. The van der Waals surface area contributed by atoms with Crippen molar-refractivity contribution < 1.29 is 9.53 Å². The minimum atomic E-state index is -0.396. The summed E-state index contributed by atoms with van der Waals surface area (Å²) in [6.07, 6.45) is 3.37. The molecule has 0 aliphatic rings. The van der Waals surface area contributed by atoms with Gasteiger partial charge in [-0.25, -0.2) is 9.31 Å². The molecule has 0 atom stereocenters. The van der Waals surface area contributed by atoms with Crippen molar-refractivity contribution in [2.24, 2.45) is 0 Å². The number of rotatable bonds is 2. The van der Waals surface area contributed by atoms with Gasteiger partial charge in [0.25, 0.3) is 0 Å². The number of carbonyl (C=O) groups is 1. The smallest absolute Gasteiger partial charge is 0.339 e. The molecule has 0 fully saturated rings. The summed E-state index contributed by atoms with van der Waals surface area (Å²) in [5, 5.41) is 13.1. The highest BCUT2D eigenvalue weighted by Crippen LogP contribution is 2.25. The third-order valence-electron chi connectivity index (χ3n) is 3.26. The summed E-state index contributed by atoms with van der Waals surface area (Å²) >= 11 is 0. The standard InChI is InChI=1S/C16H11N3O2/c1-21-16(20)13-6-7-15-14(9-18-19(15)10-13)12-4-2-11(8-17)3-5-12/h2-7,9-10H,1H3. The van der Waals surface area contributed by atoms with Crippen LogP contribution in [0.5, 0.6) is 0 Å². The Bertz CT molecular complexity index is 857. The molecule has 0 aliphatic carbocycles. The lowest BCUT2D eigenvalue weighted by Gasteiger charge is -2.02. The van der Waals surface area contributed by atoms with Crippen molar-refractivity contribution >= 4 is 11.5 Å². The highest BCUT2D eigenvalue weighted by Gasteiger charge is 2.10. The molecule has 102 valence electrons. The van der Waals surface area contributed by atoms with E-state index in [1.165, 1.54) is 7.11 Å². The van der Waals surface area contributed by atoms with Crippen LogP contribution in [0.3, 0.4) is 0 Å². The number of esters is 1. The van der Waals surface area contributed by atoms with Crippen molar-refractivity contribution in [1.29, 1.82) is 5.26 Å². The Kier molecular flexibility index (Phi) is 3.13. The van der Waals surface area contributed by atoms with Crippen molar-refractivity contribution in [2.45, 2.75) is 0 Å². The third kappa shape index (κ3) is 2.23. The van der Waals surface area contributed by atoms with E-state index in [2.05, 4.69) is 11.2 Å². The number of nitrogens with zero attached hydrogens (tertiary/aromatic N) is 3. The van der Waals surface area contributed by atoms with Crippen LogP contribution in [0.15, 0.2) is 48.8 Å². The summed E-state index contributed by atoms with van der Waals surface area (Å²) in [5.41, 5.74) is 3.85. The van der Waals surface area contributed by atoms with Crippen LogP contribution in [0, 0.1) is 11.3 Å². The van der Waals surface area contributed by atoms with Gasteiger partial charge in [0.15, 0.2) is 0 Å². The van der Waals surface area contributed by atoms with Gasteiger partial charge < -0.3 is 4.74 Å². The molecule has 0 saturated carbocycles.